The normalized spacial score (nSPS) is 22.3. The predicted molar refractivity (Wildman–Crippen MR) is 87.5 cm³/mol. The number of carbonyl (C=O) groups is 1. The van der Waals surface area contributed by atoms with Gasteiger partial charge in [-0.15, -0.1) is 5.10 Å². The maximum atomic E-state index is 13.1. The number of halogens is 3. The molecule has 26 heavy (non-hydrogen) atoms. The minimum absolute atomic E-state index is 0.136. The van der Waals surface area contributed by atoms with Crippen molar-refractivity contribution in [3.8, 4) is 0 Å². The summed E-state index contributed by atoms with van der Waals surface area (Å²) in [5.74, 6) is -0.382. The van der Waals surface area contributed by atoms with Crippen molar-refractivity contribution in [2.45, 2.75) is 48.6 Å². The van der Waals surface area contributed by atoms with E-state index in [-0.39, 0.29) is 29.2 Å². The SMILES string of the molecule is O=C(CSc1nnnn1C1CC1)N[C@H]1C[C@@H]1c1ccccc1C(F)(F)F. The Morgan fingerprint density at radius 2 is 2.08 bits per heavy atom. The molecule has 1 N–H and O–H groups in total. The molecule has 2 saturated carbocycles. The molecular weight excluding hydrogens is 367 g/mol. The number of nitrogens with zero attached hydrogens (tertiary/aromatic N) is 4. The number of aromatic nitrogens is 4. The van der Waals surface area contributed by atoms with Crippen LogP contribution in [0.25, 0.3) is 0 Å². The number of nitrogens with one attached hydrogen (secondary N) is 1. The van der Waals surface area contributed by atoms with Crippen molar-refractivity contribution in [3.05, 3.63) is 35.4 Å². The van der Waals surface area contributed by atoms with Crippen LogP contribution in [-0.2, 0) is 11.0 Å². The van der Waals surface area contributed by atoms with Crippen molar-refractivity contribution >= 4 is 17.7 Å². The van der Waals surface area contributed by atoms with Crippen LogP contribution in [0.2, 0.25) is 0 Å². The van der Waals surface area contributed by atoms with Gasteiger partial charge in [-0.2, -0.15) is 13.2 Å². The fraction of sp³-hybridized carbons (Fsp3) is 0.500. The highest BCUT2D eigenvalue weighted by molar-refractivity contribution is 7.99. The number of hydrogen-bond acceptors (Lipinski definition) is 5. The fourth-order valence-electron chi connectivity index (χ4n) is 2.98. The standard InChI is InChI=1S/C16H16F3N5OS/c17-16(18,19)12-4-2-1-3-10(12)11-7-13(11)20-14(25)8-26-15-21-22-23-24(15)9-5-6-9/h1-4,9,11,13H,5-8H2,(H,20,25)/t11-,13+/m1/s1. The van der Waals surface area contributed by atoms with E-state index < -0.39 is 11.7 Å². The molecule has 0 unspecified atom stereocenters. The molecule has 2 aromatic rings. The van der Waals surface area contributed by atoms with E-state index in [4.69, 9.17) is 0 Å². The lowest BCUT2D eigenvalue weighted by atomic mass is 10.0. The number of rotatable bonds is 6. The van der Waals surface area contributed by atoms with Crippen LogP contribution in [-0.4, -0.2) is 37.9 Å². The summed E-state index contributed by atoms with van der Waals surface area (Å²) in [6.07, 6.45) is -1.80. The van der Waals surface area contributed by atoms with E-state index in [1.807, 2.05) is 0 Å². The molecule has 1 aromatic carbocycles. The summed E-state index contributed by atoms with van der Waals surface area (Å²) >= 11 is 1.24. The quantitative estimate of drug-likeness (QED) is 0.777. The van der Waals surface area contributed by atoms with Crippen LogP contribution in [0.15, 0.2) is 29.4 Å². The van der Waals surface area contributed by atoms with Gasteiger partial charge in [0.25, 0.3) is 0 Å². The number of alkyl halides is 3. The van der Waals surface area contributed by atoms with Gasteiger partial charge in [0.2, 0.25) is 11.1 Å². The van der Waals surface area contributed by atoms with Gasteiger partial charge in [-0.1, -0.05) is 30.0 Å². The number of carbonyl (C=O) groups excluding carboxylic acids is 1. The van der Waals surface area contributed by atoms with E-state index in [9.17, 15) is 18.0 Å². The van der Waals surface area contributed by atoms with Gasteiger partial charge in [-0.25, -0.2) is 4.68 Å². The number of benzene rings is 1. The van der Waals surface area contributed by atoms with Gasteiger partial charge in [-0.3, -0.25) is 4.79 Å². The lowest BCUT2D eigenvalue weighted by Gasteiger charge is -2.12. The Bertz CT molecular complexity index is 820. The molecule has 2 atom stereocenters. The van der Waals surface area contributed by atoms with E-state index >= 15 is 0 Å². The second kappa shape index (κ2) is 6.57. The highest BCUT2D eigenvalue weighted by Crippen LogP contribution is 2.46. The second-order valence-corrected chi connectivity index (χ2v) is 7.47. The van der Waals surface area contributed by atoms with Crippen molar-refractivity contribution in [1.29, 1.82) is 0 Å². The topological polar surface area (TPSA) is 72.7 Å². The number of amides is 1. The average Bonchev–Trinajstić information content (AvgIpc) is 3.52. The monoisotopic (exact) mass is 383 g/mol. The zero-order chi connectivity index (χ0) is 18.3. The molecule has 0 saturated heterocycles. The van der Waals surface area contributed by atoms with Crippen LogP contribution in [0.4, 0.5) is 13.2 Å². The van der Waals surface area contributed by atoms with Gasteiger partial charge in [0, 0.05) is 12.0 Å². The maximum absolute atomic E-state index is 13.1. The molecule has 1 aromatic heterocycles. The van der Waals surface area contributed by atoms with Crippen LogP contribution in [0, 0.1) is 0 Å². The van der Waals surface area contributed by atoms with Gasteiger partial charge >= 0.3 is 6.18 Å². The van der Waals surface area contributed by atoms with Crippen molar-refractivity contribution in [2.24, 2.45) is 0 Å². The molecule has 0 aliphatic heterocycles. The Morgan fingerprint density at radius 3 is 2.81 bits per heavy atom. The molecule has 1 heterocycles. The van der Waals surface area contributed by atoms with E-state index in [0.717, 1.165) is 18.9 Å². The highest BCUT2D eigenvalue weighted by Gasteiger charge is 2.44. The van der Waals surface area contributed by atoms with Crippen LogP contribution in [0.5, 0.6) is 0 Å². The fourth-order valence-corrected chi connectivity index (χ4v) is 3.74. The zero-order valence-corrected chi connectivity index (χ0v) is 14.4. The largest absolute Gasteiger partial charge is 0.416 e. The molecule has 0 radical (unpaired) electrons. The second-order valence-electron chi connectivity index (χ2n) is 6.53. The summed E-state index contributed by atoms with van der Waals surface area (Å²) in [4.78, 5) is 12.1. The van der Waals surface area contributed by atoms with Crippen molar-refractivity contribution < 1.29 is 18.0 Å². The zero-order valence-electron chi connectivity index (χ0n) is 13.6. The molecule has 0 bridgehead atoms. The molecule has 2 aliphatic rings. The molecule has 0 spiro atoms. The first-order valence-corrected chi connectivity index (χ1v) is 9.28. The number of hydrogen-bond donors (Lipinski definition) is 1. The lowest BCUT2D eigenvalue weighted by molar-refractivity contribution is -0.138. The van der Waals surface area contributed by atoms with Crippen molar-refractivity contribution in [1.82, 2.24) is 25.5 Å². The summed E-state index contributed by atoms with van der Waals surface area (Å²) in [6, 6.07) is 5.60. The molecule has 138 valence electrons. The van der Waals surface area contributed by atoms with Gasteiger partial charge in [0.15, 0.2) is 0 Å². The van der Waals surface area contributed by atoms with E-state index in [1.165, 1.54) is 23.9 Å². The van der Waals surface area contributed by atoms with Gasteiger partial charge in [0.1, 0.15) is 0 Å². The first kappa shape index (κ1) is 17.3. The lowest BCUT2D eigenvalue weighted by Crippen LogP contribution is -2.28. The van der Waals surface area contributed by atoms with Crippen LogP contribution >= 0.6 is 11.8 Å². The number of thioether (sulfide) groups is 1. The summed E-state index contributed by atoms with van der Waals surface area (Å²) in [5, 5.41) is 14.8. The highest BCUT2D eigenvalue weighted by atomic mass is 32.2. The minimum atomic E-state index is -4.39. The molecule has 6 nitrogen and oxygen atoms in total. The molecule has 1 amide bonds. The summed E-state index contributed by atoms with van der Waals surface area (Å²) in [5.41, 5.74) is -0.379. The van der Waals surface area contributed by atoms with Crippen molar-refractivity contribution in [2.75, 3.05) is 5.75 Å². The van der Waals surface area contributed by atoms with Crippen LogP contribution < -0.4 is 5.32 Å². The molecule has 2 fully saturated rings. The first-order valence-electron chi connectivity index (χ1n) is 8.29. The third kappa shape index (κ3) is 3.69. The third-order valence-corrected chi connectivity index (χ3v) is 5.42. The minimum Gasteiger partial charge on any atom is -0.352 e. The average molecular weight is 383 g/mol. The summed E-state index contributed by atoms with van der Waals surface area (Å²) in [6.45, 7) is 0. The van der Waals surface area contributed by atoms with Gasteiger partial charge in [-0.05, 0) is 41.3 Å². The van der Waals surface area contributed by atoms with E-state index in [1.54, 1.807) is 10.7 Å². The Kier molecular flexibility index (Phi) is 4.37. The summed E-state index contributed by atoms with van der Waals surface area (Å²) in [7, 11) is 0. The Labute approximate surface area is 151 Å². The van der Waals surface area contributed by atoms with Crippen LogP contribution in [0.3, 0.4) is 0 Å². The molecule has 2 aliphatic carbocycles. The first-order chi connectivity index (χ1) is 12.4. The third-order valence-electron chi connectivity index (χ3n) is 4.49. The predicted octanol–water partition coefficient (Wildman–Crippen LogP) is 2.79. The Balaban J connectivity index is 1.32. The van der Waals surface area contributed by atoms with Gasteiger partial charge in [0.05, 0.1) is 17.4 Å². The van der Waals surface area contributed by atoms with E-state index in [0.29, 0.717) is 17.6 Å². The van der Waals surface area contributed by atoms with E-state index in [2.05, 4.69) is 20.8 Å². The Hall–Kier alpha value is -2.10. The molecule has 4 rings (SSSR count). The summed E-state index contributed by atoms with van der Waals surface area (Å²) < 4.78 is 41.0. The van der Waals surface area contributed by atoms with Crippen molar-refractivity contribution in [3.63, 3.8) is 0 Å². The maximum Gasteiger partial charge on any atom is 0.416 e. The van der Waals surface area contributed by atoms with Crippen LogP contribution in [0.1, 0.15) is 42.3 Å². The van der Waals surface area contributed by atoms with Gasteiger partial charge < -0.3 is 5.32 Å². The Morgan fingerprint density at radius 1 is 1.31 bits per heavy atom. The molecule has 10 heteroatoms. The molecular formula is C16H16F3N5OS. The smallest absolute Gasteiger partial charge is 0.352 e. The number of tetrazole rings is 1.